The molecule has 118 valence electrons. The normalized spacial score (nSPS) is 23.1. The van der Waals surface area contributed by atoms with Crippen LogP contribution in [0.2, 0.25) is 0 Å². The Balaban J connectivity index is 2.03. The average molecular weight is 355 g/mol. The lowest BCUT2D eigenvalue weighted by Crippen LogP contribution is -2.28. The summed E-state index contributed by atoms with van der Waals surface area (Å²) in [6.07, 6.45) is 3.92. The van der Waals surface area contributed by atoms with Crippen molar-refractivity contribution in [2.24, 2.45) is 0 Å². The van der Waals surface area contributed by atoms with Crippen LogP contribution in [0.15, 0.2) is 22.7 Å². The number of nitrogens with one attached hydrogen (secondary N) is 1. The highest BCUT2D eigenvalue weighted by atomic mass is 79.9. The van der Waals surface area contributed by atoms with Crippen LogP contribution in [0.4, 0.5) is 5.69 Å². The SMILES string of the molecule is CCCNCc1ccc(N2CCCC(C)(O)CC2)c(Br)c1. The van der Waals surface area contributed by atoms with Gasteiger partial charge >= 0.3 is 0 Å². The Bertz CT molecular complexity index is 462. The van der Waals surface area contributed by atoms with E-state index in [1.165, 1.54) is 11.3 Å². The zero-order valence-corrected chi connectivity index (χ0v) is 14.7. The molecule has 0 saturated carbocycles. The van der Waals surface area contributed by atoms with E-state index in [-0.39, 0.29) is 0 Å². The minimum absolute atomic E-state index is 0.509. The Morgan fingerprint density at radius 1 is 1.33 bits per heavy atom. The molecule has 1 aliphatic rings. The maximum Gasteiger partial charge on any atom is 0.0637 e. The first-order valence-corrected chi connectivity index (χ1v) is 8.77. The van der Waals surface area contributed by atoms with Crippen LogP contribution < -0.4 is 10.2 Å². The Morgan fingerprint density at radius 2 is 2.14 bits per heavy atom. The summed E-state index contributed by atoms with van der Waals surface area (Å²) < 4.78 is 1.15. The third-order valence-corrected chi connectivity index (χ3v) is 4.81. The number of aliphatic hydroxyl groups is 1. The van der Waals surface area contributed by atoms with Gasteiger partial charge in [0, 0.05) is 24.1 Å². The molecule has 4 heteroatoms. The van der Waals surface area contributed by atoms with E-state index < -0.39 is 5.60 Å². The second-order valence-electron chi connectivity index (χ2n) is 6.30. The van der Waals surface area contributed by atoms with Gasteiger partial charge in [-0.15, -0.1) is 0 Å². The Labute approximate surface area is 136 Å². The number of benzene rings is 1. The number of rotatable bonds is 5. The van der Waals surface area contributed by atoms with Crippen LogP contribution in [-0.4, -0.2) is 30.3 Å². The van der Waals surface area contributed by atoms with E-state index >= 15 is 0 Å². The predicted molar refractivity (Wildman–Crippen MR) is 92.8 cm³/mol. The van der Waals surface area contributed by atoms with Gasteiger partial charge in [-0.05, 0) is 72.8 Å². The molecule has 1 saturated heterocycles. The van der Waals surface area contributed by atoms with Gasteiger partial charge in [0.15, 0.2) is 0 Å². The Hall–Kier alpha value is -0.580. The van der Waals surface area contributed by atoms with E-state index in [1.807, 2.05) is 6.92 Å². The number of anilines is 1. The summed E-state index contributed by atoms with van der Waals surface area (Å²) in [5.74, 6) is 0. The van der Waals surface area contributed by atoms with Crippen molar-refractivity contribution in [1.29, 1.82) is 0 Å². The van der Waals surface area contributed by atoms with Crippen molar-refractivity contribution in [3.63, 3.8) is 0 Å². The van der Waals surface area contributed by atoms with Crippen molar-refractivity contribution < 1.29 is 5.11 Å². The topological polar surface area (TPSA) is 35.5 Å². The second kappa shape index (κ2) is 7.61. The molecule has 0 aromatic heterocycles. The van der Waals surface area contributed by atoms with Crippen LogP contribution in [-0.2, 0) is 6.54 Å². The smallest absolute Gasteiger partial charge is 0.0637 e. The fourth-order valence-corrected chi connectivity index (χ4v) is 3.51. The highest BCUT2D eigenvalue weighted by Gasteiger charge is 2.25. The highest BCUT2D eigenvalue weighted by Crippen LogP contribution is 2.31. The molecule has 1 atom stereocenters. The first kappa shape index (κ1) is 16.8. The molecular formula is C17H27BrN2O. The first-order chi connectivity index (χ1) is 10.0. The fourth-order valence-electron chi connectivity index (χ4n) is 2.83. The summed E-state index contributed by atoms with van der Waals surface area (Å²) in [5, 5.41) is 13.6. The molecule has 1 aromatic carbocycles. The average Bonchev–Trinajstić information content (AvgIpc) is 2.60. The molecule has 2 rings (SSSR count). The van der Waals surface area contributed by atoms with Crippen LogP contribution in [0, 0.1) is 0 Å². The van der Waals surface area contributed by atoms with Gasteiger partial charge in [0.2, 0.25) is 0 Å². The highest BCUT2D eigenvalue weighted by molar-refractivity contribution is 9.10. The van der Waals surface area contributed by atoms with Gasteiger partial charge in [-0.3, -0.25) is 0 Å². The standard InChI is InChI=1S/C17H27BrN2O/c1-3-9-19-13-14-5-6-16(15(18)12-14)20-10-4-7-17(2,21)8-11-20/h5-6,12,19,21H,3-4,7-11,13H2,1-2H3. The third kappa shape index (κ3) is 4.97. The lowest BCUT2D eigenvalue weighted by molar-refractivity contribution is 0.0481. The molecule has 1 aromatic rings. The number of nitrogens with zero attached hydrogens (tertiary/aromatic N) is 1. The van der Waals surface area contributed by atoms with Crippen molar-refractivity contribution in [3.8, 4) is 0 Å². The monoisotopic (exact) mass is 354 g/mol. The van der Waals surface area contributed by atoms with Gasteiger partial charge in [-0.1, -0.05) is 13.0 Å². The molecule has 0 aliphatic carbocycles. The maximum absolute atomic E-state index is 10.2. The molecule has 2 N–H and O–H groups in total. The van der Waals surface area contributed by atoms with E-state index in [1.54, 1.807) is 0 Å². The molecule has 0 radical (unpaired) electrons. The van der Waals surface area contributed by atoms with Gasteiger partial charge in [-0.25, -0.2) is 0 Å². The van der Waals surface area contributed by atoms with Crippen molar-refractivity contribution in [1.82, 2.24) is 5.32 Å². The number of hydrogen-bond donors (Lipinski definition) is 2. The largest absolute Gasteiger partial charge is 0.390 e. The van der Waals surface area contributed by atoms with Crippen LogP contribution in [0.3, 0.4) is 0 Å². The minimum Gasteiger partial charge on any atom is -0.390 e. The molecular weight excluding hydrogens is 328 g/mol. The Kier molecular flexibility index (Phi) is 6.08. The van der Waals surface area contributed by atoms with E-state index in [0.717, 1.165) is 56.3 Å². The van der Waals surface area contributed by atoms with Gasteiger partial charge in [-0.2, -0.15) is 0 Å². The fraction of sp³-hybridized carbons (Fsp3) is 0.647. The second-order valence-corrected chi connectivity index (χ2v) is 7.15. The van der Waals surface area contributed by atoms with E-state index in [4.69, 9.17) is 0 Å². The summed E-state index contributed by atoms with van der Waals surface area (Å²) >= 11 is 3.71. The molecule has 1 heterocycles. The van der Waals surface area contributed by atoms with Crippen LogP contribution in [0.1, 0.15) is 45.1 Å². The summed E-state index contributed by atoms with van der Waals surface area (Å²) in [5.41, 5.74) is 2.04. The van der Waals surface area contributed by atoms with E-state index in [9.17, 15) is 5.11 Å². The van der Waals surface area contributed by atoms with Gasteiger partial charge in [0.25, 0.3) is 0 Å². The molecule has 0 bridgehead atoms. The summed E-state index contributed by atoms with van der Waals surface area (Å²) in [6.45, 7) is 8.04. The molecule has 3 nitrogen and oxygen atoms in total. The molecule has 1 fully saturated rings. The third-order valence-electron chi connectivity index (χ3n) is 4.17. The zero-order chi connectivity index (χ0) is 15.3. The molecule has 0 spiro atoms. The lowest BCUT2D eigenvalue weighted by Gasteiger charge is -2.25. The summed E-state index contributed by atoms with van der Waals surface area (Å²) in [6, 6.07) is 6.61. The molecule has 0 amide bonds. The van der Waals surface area contributed by atoms with Crippen molar-refractivity contribution in [2.75, 3.05) is 24.5 Å². The van der Waals surface area contributed by atoms with Gasteiger partial charge in [0.1, 0.15) is 0 Å². The maximum atomic E-state index is 10.2. The van der Waals surface area contributed by atoms with Crippen LogP contribution in [0.5, 0.6) is 0 Å². The van der Waals surface area contributed by atoms with Crippen LogP contribution in [0.25, 0.3) is 0 Å². The first-order valence-electron chi connectivity index (χ1n) is 7.98. The number of halogens is 1. The van der Waals surface area contributed by atoms with Crippen LogP contribution >= 0.6 is 15.9 Å². The van der Waals surface area contributed by atoms with E-state index in [0.29, 0.717) is 0 Å². The zero-order valence-electron chi connectivity index (χ0n) is 13.2. The lowest BCUT2D eigenvalue weighted by atomic mass is 9.98. The predicted octanol–water partition coefficient (Wildman–Crippen LogP) is 3.69. The van der Waals surface area contributed by atoms with Gasteiger partial charge < -0.3 is 15.3 Å². The van der Waals surface area contributed by atoms with Crippen molar-refractivity contribution in [3.05, 3.63) is 28.2 Å². The molecule has 1 aliphatic heterocycles. The summed E-state index contributed by atoms with van der Waals surface area (Å²) in [7, 11) is 0. The minimum atomic E-state index is -0.509. The quantitative estimate of drug-likeness (QED) is 0.791. The number of hydrogen-bond acceptors (Lipinski definition) is 3. The molecule has 21 heavy (non-hydrogen) atoms. The van der Waals surface area contributed by atoms with Crippen molar-refractivity contribution in [2.45, 2.75) is 51.7 Å². The Morgan fingerprint density at radius 3 is 2.86 bits per heavy atom. The van der Waals surface area contributed by atoms with Crippen molar-refractivity contribution >= 4 is 21.6 Å². The van der Waals surface area contributed by atoms with Gasteiger partial charge in [0.05, 0.1) is 11.3 Å². The molecule has 1 unspecified atom stereocenters. The summed E-state index contributed by atoms with van der Waals surface area (Å²) in [4.78, 5) is 2.38. The van der Waals surface area contributed by atoms with E-state index in [2.05, 4.69) is 51.3 Å².